The van der Waals surface area contributed by atoms with Crippen molar-refractivity contribution in [3.8, 4) is 5.75 Å². The molecule has 3 aromatic rings. The standard InChI is InChI=1S/C24H23O5PS/c1-28-19-11-5-7-13-21(19)30(22-14-8-6-12-20(22)29-2)23-16-15-17-9-3-4-10-18(17)24(23)31(25,26)27/h3-11,13-16,20H,12H2,1-2H3,(H,25,26,27). The molecule has 0 spiro atoms. The summed E-state index contributed by atoms with van der Waals surface area (Å²) >= 11 is 0. The molecule has 0 aromatic heterocycles. The third-order valence-electron chi connectivity index (χ3n) is 5.31. The zero-order chi connectivity index (χ0) is 22.0. The summed E-state index contributed by atoms with van der Waals surface area (Å²) in [5.74, 6) is 0.661. The maximum atomic E-state index is 12.7. The molecule has 1 aliphatic carbocycles. The third kappa shape index (κ3) is 4.17. The van der Waals surface area contributed by atoms with Crippen LogP contribution in [0.2, 0.25) is 0 Å². The van der Waals surface area contributed by atoms with Crippen LogP contribution in [0.3, 0.4) is 0 Å². The molecule has 31 heavy (non-hydrogen) atoms. The Bertz CT molecular complexity index is 1280. The fourth-order valence-electron chi connectivity index (χ4n) is 3.93. The van der Waals surface area contributed by atoms with Gasteiger partial charge in [0.05, 0.1) is 13.2 Å². The van der Waals surface area contributed by atoms with Gasteiger partial charge in [-0.1, -0.05) is 72.8 Å². The summed E-state index contributed by atoms with van der Waals surface area (Å²) in [5, 5.41) is 3.61. The zero-order valence-electron chi connectivity index (χ0n) is 17.2. The Hall–Kier alpha value is -2.50. The lowest BCUT2D eigenvalue weighted by molar-refractivity contribution is 0.139. The topological polar surface area (TPSA) is 72.8 Å². The summed E-state index contributed by atoms with van der Waals surface area (Å²) in [7, 11) is -2.64. The maximum Gasteiger partial charge on any atom is 0.295 e. The predicted molar refractivity (Wildman–Crippen MR) is 126 cm³/mol. The molecule has 1 aliphatic rings. The minimum atomic E-state index is -4.51. The van der Waals surface area contributed by atoms with Crippen LogP contribution in [0.4, 0.5) is 0 Å². The van der Waals surface area contributed by atoms with Crippen molar-refractivity contribution in [3.63, 3.8) is 0 Å². The van der Waals surface area contributed by atoms with Crippen molar-refractivity contribution < 1.29 is 22.4 Å². The van der Waals surface area contributed by atoms with Crippen LogP contribution in [0, 0.1) is 0 Å². The Morgan fingerprint density at radius 3 is 2.45 bits per heavy atom. The molecule has 1 N–H and O–H groups in total. The molecular weight excluding hydrogens is 431 g/mol. The largest absolute Gasteiger partial charge is 0.496 e. The van der Waals surface area contributed by atoms with E-state index < -0.39 is 18.0 Å². The molecule has 5 nitrogen and oxygen atoms in total. The van der Waals surface area contributed by atoms with Gasteiger partial charge in [-0.15, -0.1) is 0 Å². The molecule has 0 amide bonds. The molecule has 0 heterocycles. The van der Waals surface area contributed by atoms with E-state index in [1.54, 1.807) is 32.4 Å². The van der Waals surface area contributed by atoms with E-state index in [0.717, 1.165) is 16.0 Å². The van der Waals surface area contributed by atoms with Gasteiger partial charge in [0.25, 0.3) is 10.1 Å². The lowest BCUT2D eigenvalue weighted by atomic mass is 10.1. The van der Waals surface area contributed by atoms with Gasteiger partial charge in [-0.3, -0.25) is 4.55 Å². The number of para-hydroxylation sites is 1. The minimum Gasteiger partial charge on any atom is -0.496 e. The highest BCUT2D eigenvalue weighted by atomic mass is 32.2. The van der Waals surface area contributed by atoms with Crippen molar-refractivity contribution in [2.45, 2.75) is 17.4 Å². The molecule has 0 fully saturated rings. The number of allylic oxidation sites excluding steroid dienone is 2. The number of benzene rings is 3. The van der Waals surface area contributed by atoms with E-state index in [4.69, 9.17) is 9.47 Å². The highest BCUT2D eigenvalue weighted by molar-refractivity contribution is 7.87. The number of rotatable bonds is 6. The van der Waals surface area contributed by atoms with Crippen molar-refractivity contribution in [2.24, 2.45) is 0 Å². The molecule has 4 rings (SSSR count). The monoisotopic (exact) mass is 454 g/mol. The summed E-state index contributed by atoms with van der Waals surface area (Å²) in [6.45, 7) is 0. The summed E-state index contributed by atoms with van der Waals surface area (Å²) in [4.78, 5) is -0.0621. The molecule has 3 aromatic carbocycles. The summed E-state index contributed by atoms with van der Waals surface area (Å²) in [6, 6.07) is 18.5. The first-order valence-electron chi connectivity index (χ1n) is 9.77. The second-order valence-electron chi connectivity index (χ2n) is 7.10. The van der Waals surface area contributed by atoms with Crippen LogP contribution in [0.5, 0.6) is 5.75 Å². The van der Waals surface area contributed by atoms with Gasteiger partial charge in [-0.25, -0.2) is 0 Å². The van der Waals surface area contributed by atoms with E-state index in [1.165, 1.54) is 0 Å². The number of fused-ring (bicyclic) bond motifs is 1. The molecule has 2 atom stereocenters. The van der Waals surface area contributed by atoms with Gasteiger partial charge in [0, 0.05) is 23.1 Å². The van der Waals surface area contributed by atoms with Crippen LogP contribution in [0.1, 0.15) is 6.42 Å². The van der Waals surface area contributed by atoms with Crippen molar-refractivity contribution in [1.82, 2.24) is 0 Å². The Morgan fingerprint density at radius 1 is 0.968 bits per heavy atom. The van der Waals surface area contributed by atoms with Gasteiger partial charge in [-0.2, -0.15) is 8.42 Å². The Labute approximate surface area is 183 Å². The molecule has 7 heteroatoms. The Morgan fingerprint density at radius 2 is 1.71 bits per heavy atom. The SMILES string of the molecule is COc1ccccc1P(C1=CC=CCC1OC)c1ccc2ccccc2c1S(=O)(=O)O. The number of hydrogen-bond acceptors (Lipinski definition) is 4. The molecular formula is C24H23O5PS. The van der Waals surface area contributed by atoms with Gasteiger partial charge in [-0.05, 0) is 31.1 Å². The molecule has 0 saturated heterocycles. The smallest absolute Gasteiger partial charge is 0.295 e. The average Bonchev–Trinajstić information content (AvgIpc) is 2.79. The summed E-state index contributed by atoms with van der Waals surface area (Å²) in [5.41, 5.74) is 0. The fraction of sp³-hybridized carbons (Fsp3) is 0.167. The second kappa shape index (κ2) is 8.93. The fourth-order valence-corrected chi connectivity index (χ4v) is 8.07. The lowest BCUT2D eigenvalue weighted by Gasteiger charge is -2.30. The lowest BCUT2D eigenvalue weighted by Crippen LogP contribution is -2.26. The van der Waals surface area contributed by atoms with Crippen LogP contribution >= 0.6 is 7.92 Å². The van der Waals surface area contributed by atoms with Crippen molar-refractivity contribution in [1.29, 1.82) is 0 Å². The van der Waals surface area contributed by atoms with Gasteiger partial charge in [0.2, 0.25) is 0 Å². The molecule has 0 bridgehead atoms. The molecule has 160 valence electrons. The summed E-state index contributed by atoms with van der Waals surface area (Å²) in [6.07, 6.45) is 6.45. The third-order valence-corrected chi connectivity index (χ3v) is 9.08. The van der Waals surface area contributed by atoms with Crippen molar-refractivity contribution in [3.05, 3.63) is 84.2 Å². The van der Waals surface area contributed by atoms with Gasteiger partial charge in [0.1, 0.15) is 10.6 Å². The van der Waals surface area contributed by atoms with Crippen molar-refractivity contribution in [2.75, 3.05) is 14.2 Å². The van der Waals surface area contributed by atoms with Crippen LogP contribution in [-0.4, -0.2) is 33.3 Å². The summed E-state index contributed by atoms with van der Waals surface area (Å²) < 4.78 is 47.0. The van der Waals surface area contributed by atoms with Crippen molar-refractivity contribution >= 4 is 39.4 Å². The van der Waals surface area contributed by atoms with E-state index in [2.05, 4.69) is 0 Å². The Kier molecular flexibility index (Phi) is 6.26. The number of methoxy groups -OCH3 is 2. The highest BCUT2D eigenvalue weighted by Gasteiger charge is 2.33. The van der Waals surface area contributed by atoms with E-state index in [9.17, 15) is 13.0 Å². The van der Waals surface area contributed by atoms with Crippen LogP contribution < -0.4 is 15.3 Å². The van der Waals surface area contributed by atoms with Gasteiger partial charge in [0.15, 0.2) is 0 Å². The zero-order valence-corrected chi connectivity index (χ0v) is 18.9. The van der Waals surface area contributed by atoms with Gasteiger partial charge >= 0.3 is 0 Å². The number of hydrogen-bond donors (Lipinski definition) is 1. The van der Waals surface area contributed by atoms with E-state index in [1.807, 2.05) is 60.7 Å². The second-order valence-corrected chi connectivity index (χ2v) is 10.6. The maximum absolute atomic E-state index is 12.7. The van der Waals surface area contributed by atoms with Crippen LogP contribution in [-0.2, 0) is 14.9 Å². The highest BCUT2D eigenvalue weighted by Crippen LogP contribution is 2.51. The first-order chi connectivity index (χ1) is 15.0. The van der Waals surface area contributed by atoms with E-state index in [-0.39, 0.29) is 11.0 Å². The predicted octanol–water partition coefficient (Wildman–Crippen LogP) is 4.39. The first kappa shape index (κ1) is 21.7. The minimum absolute atomic E-state index is 0.0621. The Balaban J connectivity index is 2.09. The van der Waals surface area contributed by atoms with Crippen LogP contribution in [0.25, 0.3) is 10.8 Å². The molecule has 0 aliphatic heterocycles. The van der Waals surface area contributed by atoms with E-state index in [0.29, 0.717) is 22.9 Å². The van der Waals surface area contributed by atoms with Crippen LogP contribution in [0.15, 0.2) is 89.1 Å². The number of ether oxygens (including phenoxy) is 2. The molecule has 2 unspecified atom stereocenters. The molecule has 0 saturated carbocycles. The van der Waals surface area contributed by atoms with E-state index >= 15 is 0 Å². The quantitative estimate of drug-likeness (QED) is 0.442. The average molecular weight is 454 g/mol. The molecule has 0 radical (unpaired) electrons. The first-order valence-corrected chi connectivity index (χ1v) is 12.6. The van der Waals surface area contributed by atoms with Gasteiger partial charge < -0.3 is 9.47 Å². The normalized spacial score (nSPS) is 17.4.